The Morgan fingerprint density at radius 2 is 1.80 bits per heavy atom. The number of rotatable bonds is 7. The number of hydrogen-bond acceptors (Lipinski definition) is 4. The van der Waals surface area contributed by atoms with Crippen molar-refractivity contribution in [3.05, 3.63) is 95.1 Å². The lowest BCUT2D eigenvalue weighted by Gasteiger charge is -2.30. The second-order valence-electron chi connectivity index (χ2n) is 9.77. The largest absolute Gasteiger partial charge is 0.416 e. The molecule has 11 heteroatoms. The summed E-state index contributed by atoms with van der Waals surface area (Å²) in [5, 5.41) is 5.12. The minimum Gasteiger partial charge on any atom is -0.342 e. The molecule has 0 bridgehead atoms. The van der Waals surface area contributed by atoms with Crippen molar-refractivity contribution in [2.45, 2.75) is 57.4 Å². The third-order valence-corrected chi connectivity index (χ3v) is 6.64. The third-order valence-electron chi connectivity index (χ3n) is 6.64. The van der Waals surface area contributed by atoms with Crippen LogP contribution >= 0.6 is 0 Å². The molecule has 0 fully saturated rings. The van der Waals surface area contributed by atoms with Gasteiger partial charge in [0, 0.05) is 24.3 Å². The molecule has 3 amide bonds. The zero-order chi connectivity index (χ0) is 29.0. The number of alkyl halides is 3. The summed E-state index contributed by atoms with van der Waals surface area (Å²) >= 11 is 0. The number of aromatic nitrogens is 1. The number of aryl methyl sites for hydroxylation is 1. The molecule has 2 aromatic carbocycles. The molecule has 0 saturated carbocycles. The molecule has 2 heterocycles. The fraction of sp³-hybridized carbons (Fsp3) is 0.310. The molecule has 210 valence electrons. The average molecular weight is 557 g/mol. The van der Waals surface area contributed by atoms with Crippen LogP contribution in [0.4, 0.5) is 23.2 Å². The molecule has 2 N–H and O–H groups in total. The second kappa shape index (κ2) is 11.8. The van der Waals surface area contributed by atoms with Crippen LogP contribution in [0.3, 0.4) is 0 Å². The normalized spacial score (nSPS) is 16.2. The fourth-order valence-electron chi connectivity index (χ4n) is 4.77. The Balaban J connectivity index is 1.63. The number of nitrogens with one attached hydrogen (secondary N) is 2. The highest BCUT2D eigenvalue weighted by molar-refractivity contribution is 6.02. The molecule has 4 rings (SSSR count). The average Bonchev–Trinajstić information content (AvgIpc) is 3.04. The van der Waals surface area contributed by atoms with Gasteiger partial charge in [0.1, 0.15) is 23.6 Å². The molecule has 0 radical (unpaired) electrons. The van der Waals surface area contributed by atoms with Crippen LogP contribution in [0.1, 0.15) is 47.4 Å². The molecule has 40 heavy (non-hydrogen) atoms. The van der Waals surface area contributed by atoms with Crippen molar-refractivity contribution >= 4 is 23.4 Å². The van der Waals surface area contributed by atoms with Gasteiger partial charge in [-0.2, -0.15) is 13.2 Å². The second-order valence-corrected chi connectivity index (χ2v) is 9.77. The molecular formula is C29H28F4N4O3. The van der Waals surface area contributed by atoms with E-state index >= 15 is 0 Å². The van der Waals surface area contributed by atoms with Crippen LogP contribution in [0.25, 0.3) is 0 Å². The zero-order valence-corrected chi connectivity index (χ0v) is 21.8. The van der Waals surface area contributed by atoms with Gasteiger partial charge >= 0.3 is 6.18 Å². The van der Waals surface area contributed by atoms with E-state index in [0.717, 1.165) is 6.07 Å². The van der Waals surface area contributed by atoms with E-state index in [2.05, 4.69) is 15.6 Å². The summed E-state index contributed by atoms with van der Waals surface area (Å²) in [6.45, 7) is 3.55. The maximum atomic E-state index is 14.0. The van der Waals surface area contributed by atoms with Gasteiger partial charge in [-0.1, -0.05) is 24.3 Å². The molecule has 1 aromatic heterocycles. The topological polar surface area (TPSA) is 91.4 Å². The van der Waals surface area contributed by atoms with Gasteiger partial charge < -0.3 is 15.5 Å². The van der Waals surface area contributed by atoms with Crippen molar-refractivity contribution in [3.63, 3.8) is 0 Å². The van der Waals surface area contributed by atoms with Crippen molar-refractivity contribution in [1.29, 1.82) is 0 Å². The summed E-state index contributed by atoms with van der Waals surface area (Å²) in [5.41, 5.74) is -0.0437. The van der Waals surface area contributed by atoms with Gasteiger partial charge in [0.05, 0.1) is 5.56 Å². The Kier molecular flexibility index (Phi) is 8.51. The number of halogens is 4. The van der Waals surface area contributed by atoms with E-state index in [4.69, 9.17) is 0 Å². The van der Waals surface area contributed by atoms with Crippen LogP contribution in [0.15, 0.2) is 66.9 Å². The van der Waals surface area contributed by atoms with Gasteiger partial charge in [0.2, 0.25) is 11.8 Å². The fourth-order valence-corrected chi connectivity index (χ4v) is 4.77. The first-order valence-corrected chi connectivity index (χ1v) is 12.7. The van der Waals surface area contributed by atoms with Crippen molar-refractivity contribution in [1.82, 2.24) is 15.6 Å². The SMILES string of the molecule is CC(C)N1C(=O)[C@H](NC(=O)[C@@H](Cc2ccccc2C(F)(F)F)NC(=O)c2ccccn2)CCc2cc(F)ccc21. The minimum absolute atomic E-state index is 0.0293. The van der Waals surface area contributed by atoms with Gasteiger partial charge in [-0.3, -0.25) is 19.4 Å². The first-order chi connectivity index (χ1) is 19.0. The lowest BCUT2D eigenvalue weighted by molar-refractivity contribution is -0.138. The summed E-state index contributed by atoms with van der Waals surface area (Å²) < 4.78 is 55.0. The van der Waals surface area contributed by atoms with Gasteiger partial charge in [-0.05, 0) is 74.2 Å². The van der Waals surface area contributed by atoms with Crippen molar-refractivity contribution in [2.75, 3.05) is 4.90 Å². The highest BCUT2D eigenvalue weighted by Crippen LogP contribution is 2.33. The highest BCUT2D eigenvalue weighted by Gasteiger charge is 2.37. The van der Waals surface area contributed by atoms with E-state index in [9.17, 15) is 31.9 Å². The van der Waals surface area contributed by atoms with Crippen molar-refractivity contribution in [2.24, 2.45) is 0 Å². The summed E-state index contributed by atoms with van der Waals surface area (Å²) in [7, 11) is 0. The molecule has 0 spiro atoms. The predicted octanol–water partition coefficient (Wildman–Crippen LogP) is 4.45. The molecule has 7 nitrogen and oxygen atoms in total. The Hall–Kier alpha value is -4.28. The Bertz CT molecular complexity index is 1400. The Morgan fingerprint density at radius 3 is 2.48 bits per heavy atom. The van der Waals surface area contributed by atoms with E-state index in [1.807, 2.05) is 0 Å². The lowest BCUT2D eigenvalue weighted by Crippen LogP contribution is -2.55. The number of anilines is 1. The van der Waals surface area contributed by atoms with Crippen LogP contribution in [-0.2, 0) is 28.6 Å². The molecule has 0 aliphatic carbocycles. The van der Waals surface area contributed by atoms with E-state index < -0.39 is 53.8 Å². The first kappa shape index (κ1) is 28.7. The number of carbonyl (C=O) groups is 3. The van der Waals surface area contributed by atoms with Crippen LogP contribution in [-0.4, -0.2) is 40.8 Å². The van der Waals surface area contributed by atoms with Gasteiger partial charge in [0.15, 0.2) is 0 Å². The van der Waals surface area contributed by atoms with E-state index in [1.54, 1.807) is 26.0 Å². The number of benzene rings is 2. The number of hydrogen-bond donors (Lipinski definition) is 2. The maximum Gasteiger partial charge on any atom is 0.416 e. The molecule has 0 unspecified atom stereocenters. The van der Waals surface area contributed by atoms with E-state index in [1.165, 1.54) is 53.6 Å². The maximum absolute atomic E-state index is 14.0. The van der Waals surface area contributed by atoms with E-state index in [-0.39, 0.29) is 30.1 Å². The standard InChI is InChI=1S/C29H28F4N4O3/c1-17(2)37-25-13-11-20(30)15-19(25)10-12-23(28(37)40)35-27(39)24(36-26(38)22-9-5-6-14-34-22)16-18-7-3-4-8-21(18)29(31,32)33/h3-9,11,13-15,17,23-24H,10,12,16H2,1-2H3,(H,35,39)(H,36,38)/t23-,24-/m1/s1. The predicted molar refractivity (Wildman–Crippen MR) is 140 cm³/mol. The molecule has 1 aliphatic heterocycles. The smallest absolute Gasteiger partial charge is 0.342 e. The van der Waals surface area contributed by atoms with Crippen LogP contribution in [0.2, 0.25) is 0 Å². The number of fused-ring (bicyclic) bond motifs is 1. The lowest BCUT2D eigenvalue weighted by atomic mass is 9.98. The molecule has 2 atom stereocenters. The first-order valence-electron chi connectivity index (χ1n) is 12.7. The van der Waals surface area contributed by atoms with E-state index in [0.29, 0.717) is 11.3 Å². The van der Waals surface area contributed by atoms with Crippen LogP contribution in [0, 0.1) is 5.82 Å². The highest BCUT2D eigenvalue weighted by atomic mass is 19.4. The Morgan fingerprint density at radius 1 is 1.07 bits per heavy atom. The number of amides is 3. The van der Waals surface area contributed by atoms with Gasteiger partial charge in [0.25, 0.3) is 5.91 Å². The zero-order valence-electron chi connectivity index (χ0n) is 21.8. The Labute approximate surface area is 228 Å². The minimum atomic E-state index is -4.68. The number of pyridine rings is 1. The molecule has 1 aliphatic rings. The summed E-state index contributed by atoms with van der Waals surface area (Å²) in [6, 6.07) is 10.6. The summed E-state index contributed by atoms with van der Waals surface area (Å²) in [4.78, 5) is 45.4. The monoisotopic (exact) mass is 556 g/mol. The molecule has 3 aromatic rings. The van der Waals surface area contributed by atoms with Gasteiger partial charge in [-0.25, -0.2) is 4.39 Å². The molecule has 0 saturated heterocycles. The van der Waals surface area contributed by atoms with Gasteiger partial charge in [-0.15, -0.1) is 0 Å². The number of nitrogens with zero attached hydrogens (tertiary/aromatic N) is 2. The quantitative estimate of drug-likeness (QED) is 0.421. The number of carbonyl (C=O) groups excluding carboxylic acids is 3. The van der Waals surface area contributed by atoms with Crippen LogP contribution in [0.5, 0.6) is 0 Å². The summed E-state index contributed by atoms with van der Waals surface area (Å²) in [5.74, 6) is -2.50. The van der Waals surface area contributed by atoms with Crippen molar-refractivity contribution < 1.29 is 31.9 Å². The molecular weight excluding hydrogens is 528 g/mol. The third kappa shape index (κ3) is 6.47. The van der Waals surface area contributed by atoms with Crippen LogP contribution < -0.4 is 15.5 Å². The summed E-state index contributed by atoms with van der Waals surface area (Å²) in [6.07, 6.45) is -3.40. The van der Waals surface area contributed by atoms with Crippen molar-refractivity contribution in [3.8, 4) is 0 Å².